The molecule has 1 heterocycles. The quantitative estimate of drug-likeness (QED) is 0.791. The zero-order chi connectivity index (χ0) is 14.2. The van der Waals surface area contributed by atoms with Crippen molar-refractivity contribution in [2.75, 3.05) is 20.3 Å². The molecule has 0 aromatic heterocycles. The van der Waals surface area contributed by atoms with Crippen molar-refractivity contribution in [1.82, 2.24) is 5.32 Å². The SMILES string of the molecule is CNC(CCOc1cccc(C)c1)CCC1CCCO1. The lowest BCUT2D eigenvalue weighted by Gasteiger charge is -2.18. The van der Waals surface area contributed by atoms with Crippen molar-refractivity contribution < 1.29 is 9.47 Å². The minimum Gasteiger partial charge on any atom is -0.494 e. The van der Waals surface area contributed by atoms with E-state index in [0.717, 1.165) is 31.8 Å². The van der Waals surface area contributed by atoms with Crippen LogP contribution in [-0.2, 0) is 4.74 Å². The lowest BCUT2D eigenvalue weighted by atomic mass is 10.0. The van der Waals surface area contributed by atoms with Crippen molar-refractivity contribution in [2.45, 2.75) is 51.2 Å². The van der Waals surface area contributed by atoms with Crippen LogP contribution >= 0.6 is 0 Å². The predicted molar refractivity (Wildman–Crippen MR) is 82.3 cm³/mol. The van der Waals surface area contributed by atoms with E-state index in [1.165, 1.54) is 24.8 Å². The standard InChI is InChI=1S/C17H27NO2/c1-14-5-3-6-17(13-14)20-12-10-15(18-2)8-9-16-7-4-11-19-16/h3,5-6,13,15-16,18H,4,7-12H2,1-2H3. The van der Waals surface area contributed by atoms with Gasteiger partial charge in [0.2, 0.25) is 0 Å². The van der Waals surface area contributed by atoms with Crippen molar-refractivity contribution in [3.8, 4) is 5.75 Å². The molecule has 0 bridgehead atoms. The minimum atomic E-state index is 0.489. The molecule has 0 radical (unpaired) electrons. The van der Waals surface area contributed by atoms with E-state index in [4.69, 9.17) is 9.47 Å². The zero-order valence-electron chi connectivity index (χ0n) is 12.7. The first kappa shape index (κ1) is 15.3. The van der Waals surface area contributed by atoms with Gasteiger partial charge in [-0.15, -0.1) is 0 Å². The smallest absolute Gasteiger partial charge is 0.119 e. The third-order valence-electron chi connectivity index (χ3n) is 3.99. The molecule has 1 saturated heterocycles. The highest BCUT2D eigenvalue weighted by Gasteiger charge is 2.17. The van der Waals surface area contributed by atoms with Gasteiger partial charge >= 0.3 is 0 Å². The van der Waals surface area contributed by atoms with Crippen LogP contribution in [0.2, 0.25) is 0 Å². The van der Waals surface area contributed by atoms with Gasteiger partial charge in [-0.3, -0.25) is 0 Å². The first-order valence-corrected chi connectivity index (χ1v) is 7.76. The van der Waals surface area contributed by atoms with Gasteiger partial charge in [-0.1, -0.05) is 12.1 Å². The lowest BCUT2D eigenvalue weighted by Crippen LogP contribution is -2.28. The molecule has 20 heavy (non-hydrogen) atoms. The highest BCUT2D eigenvalue weighted by atomic mass is 16.5. The van der Waals surface area contributed by atoms with Crippen molar-refractivity contribution >= 4 is 0 Å². The molecule has 0 spiro atoms. The monoisotopic (exact) mass is 277 g/mol. The van der Waals surface area contributed by atoms with Crippen molar-refractivity contribution in [2.24, 2.45) is 0 Å². The topological polar surface area (TPSA) is 30.5 Å². The fourth-order valence-electron chi connectivity index (χ4n) is 2.72. The summed E-state index contributed by atoms with van der Waals surface area (Å²) in [5.41, 5.74) is 1.24. The van der Waals surface area contributed by atoms with Crippen molar-refractivity contribution in [1.29, 1.82) is 0 Å². The van der Waals surface area contributed by atoms with E-state index in [2.05, 4.69) is 24.4 Å². The molecule has 1 fully saturated rings. The Labute approximate surface area is 122 Å². The number of benzene rings is 1. The predicted octanol–water partition coefficient (Wildman–Crippen LogP) is 3.31. The number of ether oxygens (including phenoxy) is 2. The molecule has 2 rings (SSSR count). The summed E-state index contributed by atoms with van der Waals surface area (Å²) in [4.78, 5) is 0. The molecule has 1 N–H and O–H groups in total. The molecule has 0 aliphatic carbocycles. The molecule has 1 aliphatic heterocycles. The molecule has 0 amide bonds. The lowest BCUT2D eigenvalue weighted by molar-refractivity contribution is 0.0989. The summed E-state index contributed by atoms with van der Waals surface area (Å²) in [5.74, 6) is 0.971. The molecule has 3 nitrogen and oxygen atoms in total. The van der Waals surface area contributed by atoms with Gasteiger partial charge in [0.05, 0.1) is 12.7 Å². The summed E-state index contributed by atoms with van der Waals surface area (Å²) in [6.07, 6.45) is 6.32. The van der Waals surface area contributed by atoms with E-state index in [1.54, 1.807) is 0 Å². The van der Waals surface area contributed by atoms with Crippen LogP contribution in [0.4, 0.5) is 0 Å². The van der Waals surface area contributed by atoms with Crippen LogP contribution < -0.4 is 10.1 Å². The molecule has 1 aromatic rings. The average molecular weight is 277 g/mol. The second-order valence-corrected chi connectivity index (χ2v) is 5.65. The number of aryl methyl sites for hydroxylation is 1. The summed E-state index contributed by atoms with van der Waals surface area (Å²) in [6, 6.07) is 8.75. The third kappa shape index (κ3) is 5.14. The van der Waals surface area contributed by atoms with E-state index >= 15 is 0 Å². The largest absolute Gasteiger partial charge is 0.494 e. The Balaban J connectivity index is 1.65. The van der Waals surface area contributed by atoms with Gasteiger partial charge in [-0.2, -0.15) is 0 Å². The highest BCUT2D eigenvalue weighted by Crippen LogP contribution is 2.19. The van der Waals surface area contributed by atoms with Gasteiger partial charge in [0, 0.05) is 12.6 Å². The summed E-state index contributed by atoms with van der Waals surface area (Å²) in [5, 5.41) is 3.39. The summed E-state index contributed by atoms with van der Waals surface area (Å²) >= 11 is 0. The van der Waals surface area contributed by atoms with E-state index < -0.39 is 0 Å². The molecular formula is C17H27NO2. The van der Waals surface area contributed by atoms with Gasteiger partial charge in [-0.05, 0) is 63.8 Å². The van der Waals surface area contributed by atoms with E-state index in [1.807, 2.05) is 19.2 Å². The second-order valence-electron chi connectivity index (χ2n) is 5.65. The number of nitrogens with one attached hydrogen (secondary N) is 1. The van der Waals surface area contributed by atoms with Crippen molar-refractivity contribution in [3.05, 3.63) is 29.8 Å². The fraction of sp³-hybridized carbons (Fsp3) is 0.647. The Morgan fingerprint density at radius 3 is 3.00 bits per heavy atom. The molecule has 1 aromatic carbocycles. The van der Waals surface area contributed by atoms with Gasteiger partial charge in [0.15, 0.2) is 0 Å². The number of hydrogen-bond donors (Lipinski definition) is 1. The molecule has 112 valence electrons. The van der Waals surface area contributed by atoms with Gasteiger partial charge in [0.1, 0.15) is 5.75 Å². The molecule has 2 atom stereocenters. The third-order valence-corrected chi connectivity index (χ3v) is 3.99. The highest BCUT2D eigenvalue weighted by molar-refractivity contribution is 5.27. The molecular weight excluding hydrogens is 250 g/mol. The van der Waals surface area contributed by atoms with E-state index in [-0.39, 0.29) is 0 Å². The summed E-state index contributed by atoms with van der Waals surface area (Å²) < 4.78 is 11.5. The van der Waals surface area contributed by atoms with Crippen LogP contribution in [0.15, 0.2) is 24.3 Å². The normalized spacial score (nSPS) is 20.0. The first-order valence-electron chi connectivity index (χ1n) is 7.76. The Kier molecular flexibility index (Phi) is 6.34. The van der Waals surface area contributed by atoms with E-state index in [9.17, 15) is 0 Å². The maximum Gasteiger partial charge on any atom is 0.119 e. The Bertz CT molecular complexity index is 388. The summed E-state index contributed by atoms with van der Waals surface area (Å²) in [6.45, 7) is 3.80. The van der Waals surface area contributed by atoms with Gasteiger partial charge < -0.3 is 14.8 Å². The molecule has 1 aliphatic rings. The number of hydrogen-bond acceptors (Lipinski definition) is 3. The van der Waals surface area contributed by atoms with Crippen LogP contribution in [0, 0.1) is 6.92 Å². The Morgan fingerprint density at radius 1 is 1.40 bits per heavy atom. The van der Waals surface area contributed by atoms with Gasteiger partial charge in [-0.25, -0.2) is 0 Å². The van der Waals surface area contributed by atoms with Crippen LogP contribution in [-0.4, -0.2) is 32.4 Å². The van der Waals surface area contributed by atoms with Crippen LogP contribution in [0.25, 0.3) is 0 Å². The number of rotatable bonds is 8. The first-order chi connectivity index (χ1) is 9.78. The van der Waals surface area contributed by atoms with Crippen LogP contribution in [0.1, 0.15) is 37.7 Å². The zero-order valence-corrected chi connectivity index (χ0v) is 12.7. The minimum absolute atomic E-state index is 0.489. The fourth-order valence-corrected chi connectivity index (χ4v) is 2.72. The molecule has 2 unspecified atom stereocenters. The molecule has 0 saturated carbocycles. The van der Waals surface area contributed by atoms with E-state index in [0.29, 0.717) is 12.1 Å². The maximum atomic E-state index is 5.82. The second kappa shape index (κ2) is 8.28. The van der Waals surface area contributed by atoms with Gasteiger partial charge in [0.25, 0.3) is 0 Å². The Morgan fingerprint density at radius 2 is 2.30 bits per heavy atom. The van der Waals surface area contributed by atoms with Crippen LogP contribution in [0.5, 0.6) is 5.75 Å². The maximum absolute atomic E-state index is 5.82. The summed E-state index contributed by atoms with van der Waals surface area (Å²) in [7, 11) is 2.03. The Hall–Kier alpha value is -1.06. The average Bonchev–Trinajstić information content (AvgIpc) is 2.96. The van der Waals surface area contributed by atoms with Crippen molar-refractivity contribution in [3.63, 3.8) is 0 Å². The van der Waals surface area contributed by atoms with Crippen LogP contribution in [0.3, 0.4) is 0 Å². The molecule has 3 heteroatoms.